The van der Waals surface area contributed by atoms with Gasteiger partial charge in [-0.3, -0.25) is 20.2 Å². The van der Waals surface area contributed by atoms with E-state index in [-0.39, 0.29) is 17.1 Å². The third kappa shape index (κ3) is 6.47. The average Bonchev–Trinajstić information content (AvgIpc) is 3.04. The quantitative estimate of drug-likeness (QED) is 0.0812. The highest BCUT2D eigenvalue weighted by atomic mass is 31.2. The molecule has 0 fully saturated rings. The zero-order valence-corrected chi connectivity index (χ0v) is 25.2. The Kier molecular flexibility index (Phi) is 9.04. The fourth-order valence-corrected chi connectivity index (χ4v) is 11.9. The number of nitro benzene ring substituents is 2. The van der Waals surface area contributed by atoms with E-state index in [0.717, 1.165) is 6.07 Å². The van der Waals surface area contributed by atoms with Crippen LogP contribution in [-0.2, 0) is 4.57 Å². The van der Waals surface area contributed by atoms with Gasteiger partial charge in [0.15, 0.2) is 0 Å². The molecule has 0 saturated carbocycles. The molecule has 0 aliphatic rings. The molecule has 0 radical (unpaired) electrons. The standard InChI is InChI=1S/C32H27N3O7P2/c1-25(31-23-22-26(34(36)37)24-32(31)35(38)39)43(29-18-10-4-11-19-29,30-20-12-5-13-21-30)33-44(40,41-27-14-6-2-7-15-27)42-28-16-8-3-9-17-28/h2-25H,1H3. The summed E-state index contributed by atoms with van der Waals surface area (Å²) in [6, 6.07) is 38.7. The zero-order valence-electron chi connectivity index (χ0n) is 23.5. The summed E-state index contributed by atoms with van der Waals surface area (Å²) in [5.74, 6) is 0.507. The van der Waals surface area contributed by atoms with Gasteiger partial charge in [0.25, 0.3) is 11.4 Å². The maximum atomic E-state index is 15.0. The molecule has 5 aromatic rings. The van der Waals surface area contributed by atoms with E-state index in [1.165, 1.54) is 12.1 Å². The normalized spacial score (nSPS) is 12.1. The molecule has 10 nitrogen and oxygen atoms in total. The van der Waals surface area contributed by atoms with E-state index in [9.17, 15) is 20.2 Å². The van der Waals surface area contributed by atoms with Crippen LogP contribution in [0.5, 0.6) is 11.5 Å². The minimum absolute atomic E-state index is 0.191. The lowest BCUT2D eigenvalue weighted by molar-refractivity contribution is -0.394. The van der Waals surface area contributed by atoms with Crippen LogP contribution in [0.4, 0.5) is 11.4 Å². The molecule has 12 heteroatoms. The van der Waals surface area contributed by atoms with Gasteiger partial charge in [-0.25, -0.2) is 4.57 Å². The van der Waals surface area contributed by atoms with Crippen molar-refractivity contribution in [3.05, 3.63) is 165 Å². The van der Waals surface area contributed by atoms with Gasteiger partial charge in [0, 0.05) is 24.3 Å². The molecule has 5 aromatic carbocycles. The summed E-state index contributed by atoms with van der Waals surface area (Å²) in [5, 5.41) is 25.2. The number of rotatable bonds is 11. The summed E-state index contributed by atoms with van der Waals surface area (Å²) >= 11 is 0. The van der Waals surface area contributed by atoms with E-state index in [4.69, 9.17) is 13.6 Å². The maximum Gasteiger partial charge on any atom is 0.562 e. The number of hydrogen-bond donors (Lipinski definition) is 0. The smallest absolute Gasteiger partial charge is 0.399 e. The van der Waals surface area contributed by atoms with Gasteiger partial charge in [0.2, 0.25) is 0 Å². The molecule has 1 atom stereocenters. The van der Waals surface area contributed by atoms with Gasteiger partial charge in [-0.05, 0) is 40.9 Å². The highest BCUT2D eigenvalue weighted by Gasteiger charge is 2.42. The lowest BCUT2D eigenvalue weighted by Crippen LogP contribution is -2.21. The number of nitro groups is 2. The Hall–Kier alpha value is -5.04. The van der Waals surface area contributed by atoms with Crippen molar-refractivity contribution in [2.24, 2.45) is 4.52 Å². The molecule has 0 aliphatic carbocycles. The van der Waals surface area contributed by atoms with Crippen LogP contribution in [0, 0.1) is 20.2 Å². The maximum absolute atomic E-state index is 15.0. The van der Waals surface area contributed by atoms with Crippen molar-refractivity contribution in [2.45, 2.75) is 12.6 Å². The SMILES string of the molecule is CC(c1ccc([N+](=O)[O-])cc1[N+](=O)[O-])P(=NP(=O)(Oc1ccccc1)Oc1ccccc1)(c1ccccc1)c1ccccc1. The van der Waals surface area contributed by atoms with Crippen molar-refractivity contribution >= 4 is 36.8 Å². The Balaban J connectivity index is 1.87. The third-order valence-electron chi connectivity index (χ3n) is 6.91. The number of hydrogen-bond acceptors (Lipinski definition) is 7. The van der Waals surface area contributed by atoms with Crippen LogP contribution in [0.1, 0.15) is 18.1 Å². The number of non-ortho nitro benzene ring substituents is 1. The molecular weight excluding hydrogens is 600 g/mol. The van der Waals surface area contributed by atoms with Gasteiger partial charge >= 0.3 is 7.75 Å². The molecule has 0 aliphatic heterocycles. The predicted octanol–water partition coefficient (Wildman–Crippen LogP) is 8.68. The van der Waals surface area contributed by atoms with Gasteiger partial charge in [-0.2, -0.15) is 4.52 Å². The molecule has 0 spiro atoms. The van der Waals surface area contributed by atoms with Gasteiger partial charge in [-0.15, -0.1) is 0 Å². The zero-order chi connectivity index (χ0) is 31.2. The Labute approximate surface area is 253 Å². The number of nitrogens with zero attached hydrogens (tertiary/aromatic N) is 3. The Bertz CT molecular complexity index is 1790. The van der Waals surface area contributed by atoms with E-state index >= 15 is 4.57 Å². The van der Waals surface area contributed by atoms with Crippen LogP contribution in [0.2, 0.25) is 0 Å². The van der Waals surface area contributed by atoms with Crippen molar-refractivity contribution in [2.75, 3.05) is 0 Å². The summed E-state index contributed by atoms with van der Waals surface area (Å²) in [6.45, 7) is 1.75. The first-order valence-corrected chi connectivity index (χ1v) is 16.8. The highest BCUT2D eigenvalue weighted by Crippen LogP contribution is 2.68. The summed E-state index contributed by atoms with van der Waals surface area (Å²) in [7, 11) is -7.83. The second kappa shape index (κ2) is 13.1. The molecule has 1 unspecified atom stereocenters. The lowest BCUT2D eigenvalue weighted by atomic mass is 10.1. The van der Waals surface area contributed by atoms with Crippen LogP contribution >= 0.6 is 14.8 Å². The van der Waals surface area contributed by atoms with Crippen LogP contribution in [0.25, 0.3) is 0 Å². The summed E-state index contributed by atoms with van der Waals surface area (Å²) < 4.78 is 32.3. The molecular formula is C32H27N3O7P2. The molecule has 0 aromatic heterocycles. The van der Waals surface area contributed by atoms with Gasteiger partial charge in [-0.1, -0.05) is 104 Å². The average molecular weight is 628 g/mol. The third-order valence-corrected chi connectivity index (χ3v) is 13.4. The Morgan fingerprint density at radius 3 is 1.48 bits per heavy atom. The fraction of sp³-hybridized carbons (Fsp3) is 0.0625. The molecule has 0 saturated heterocycles. The van der Waals surface area contributed by atoms with Crippen LogP contribution < -0.4 is 19.7 Å². The van der Waals surface area contributed by atoms with E-state index in [2.05, 4.69) is 0 Å². The number of para-hydroxylation sites is 2. The monoisotopic (exact) mass is 627 g/mol. The molecule has 0 heterocycles. The van der Waals surface area contributed by atoms with Crippen molar-refractivity contribution in [3.63, 3.8) is 0 Å². The topological polar surface area (TPSA) is 134 Å². The molecule has 44 heavy (non-hydrogen) atoms. The second-order valence-electron chi connectivity index (χ2n) is 9.66. The Morgan fingerprint density at radius 1 is 0.636 bits per heavy atom. The van der Waals surface area contributed by atoms with E-state index < -0.39 is 41.7 Å². The number of benzene rings is 5. The summed E-state index contributed by atoms with van der Waals surface area (Å²) in [5.41, 5.74) is -1.48. The van der Waals surface area contributed by atoms with E-state index in [1.807, 2.05) is 36.4 Å². The molecule has 0 N–H and O–H groups in total. The van der Waals surface area contributed by atoms with Gasteiger partial charge in [0.05, 0.1) is 15.9 Å². The first-order valence-electron chi connectivity index (χ1n) is 13.5. The van der Waals surface area contributed by atoms with Gasteiger partial charge < -0.3 is 9.05 Å². The highest BCUT2D eigenvalue weighted by molar-refractivity contribution is 7.84. The van der Waals surface area contributed by atoms with Crippen molar-refractivity contribution in [1.29, 1.82) is 0 Å². The molecule has 0 bridgehead atoms. The molecule has 222 valence electrons. The largest absolute Gasteiger partial charge is 0.562 e. The van der Waals surface area contributed by atoms with Crippen LogP contribution in [0.15, 0.2) is 144 Å². The minimum Gasteiger partial charge on any atom is -0.399 e. The van der Waals surface area contributed by atoms with Crippen LogP contribution in [0.3, 0.4) is 0 Å². The van der Waals surface area contributed by atoms with Gasteiger partial charge in [0.1, 0.15) is 11.5 Å². The first-order chi connectivity index (χ1) is 21.2. The summed E-state index contributed by atoms with van der Waals surface area (Å²) in [4.78, 5) is 22.5. The van der Waals surface area contributed by atoms with E-state index in [0.29, 0.717) is 10.6 Å². The Morgan fingerprint density at radius 2 is 1.07 bits per heavy atom. The van der Waals surface area contributed by atoms with Crippen LogP contribution in [-0.4, -0.2) is 9.85 Å². The molecule has 5 rings (SSSR count). The second-order valence-corrected chi connectivity index (χ2v) is 14.9. The molecule has 0 amide bonds. The predicted molar refractivity (Wildman–Crippen MR) is 171 cm³/mol. The fourth-order valence-electron chi connectivity index (χ4n) is 4.90. The van der Waals surface area contributed by atoms with Crippen molar-refractivity contribution in [3.8, 4) is 11.5 Å². The van der Waals surface area contributed by atoms with E-state index in [1.54, 1.807) is 91.9 Å². The van der Waals surface area contributed by atoms with Crippen molar-refractivity contribution < 1.29 is 23.5 Å². The first kappa shape index (κ1) is 30.4. The lowest BCUT2D eigenvalue weighted by Gasteiger charge is -2.33. The van der Waals surface area contributed by atoms with Crippen molar-refractivity contribution in [1.82, 2.24) is 0 Å². The minimum atomic E-state index is -4.46. The summed E-state index contributed by atoms with van der Waals surface area (Å²) in [6.07, 6.45) is 0.